The Bertz CT molecular complexity index is 1060. The van der Waals surface area contributed by atoms with Crippen molar-refractivity contribution in [3.8, 4) is 5.75 Å². The van der Waals surface area contributed by atoms with Crippen LogP contribution < -0.4 is 10.1 Å². The number of benzene rings is 1. The third-order valence-corrected chi connectivity index (χ3v) is 8.03. The van der Waals surface area contributed by atoms with E-state index in [0.717, 1.165) is 37.0 Å². The van der Waals surface area contributed by atoms with Gasteiger partial charge in [0.25, 0.3) is 0 Å². The summed E-state index contributed by atoms with van der Waals surface area (Å²) in [6, 6.07) is 7.66. The number of carbonyl (C=O) groups is 3. The molecule has 2 saturated heterocycles. The van der Waals surface area contributed by atoms with E-state index >= 15 is 0 Å². The zero-order chi connectivity index (χ0) is 29.6. The lowest BCUT2D eigenvalue weighted by atomic mass is 9.82. The maximum atomic E-state index is 13.1. The van der Waals surface area contributed by atoms with Gasteiger partial charge >= 0.3 is 12.1 Å². The van der Waals surface area contributed by atoms with Gasteiger partial charge in [-0.25, -0.2) is 4.79 Å². The molecule has 10 heteroatoms. The summed E-state index contributed by atoms with van der Waals surface area (Å²) in [6.45, 7) is 10.7. The quantitative estimate of drug-likeness (QED) is 0.434. The van der Waals surface area contributed by atoms with E-state index in [0.29, 0.717) is 38.7 Å². The minimum Gasteiger partial charge on any atom is -0.490 e. The third-order valence-electron chi connectivity index (χ3n) is 8.03. The van der Waals surface area contributed by atoms with Gasteiger partial charge in [0.1, 0.15) is 24.1 Å². The van der Waals surface area contributed by atoms with Crippen LogP contribution in [0.1, 0.15) is 84.6 Å². The Balaban J connectivity index is 1.36. The van der Waals surface area contributed by atoms with Crippen LogP contribution in [0.5, 0.6) is 5.75 Å². The first-order chi connectivity index (χ1) is 19.5. The molecule has 1 spiro atoms. The van der Waals surface area contributed by atoms with Crippen LogP contribution in [0.15, 0.2) is 24.3 Å². The smallest absolute Gasteiger partial charge is 0.410 e. The maximum absolute atomic E-state index is 13.1. The molecule has 1 aliphatic carbocycles. The van der Waals surface area contributed by atoms with Gasteiger partial charge in [0.2, 0.25) is 5.91 Å². The number of hydrogen-bond acceptors (Lipinski definition) is 8. The van der Waals surface area contributed by atoms with E-state index in [-0.39, 0.29) is 43.2 Å². The first kappa shape index (κ1) is 31.1. The van der Waals surface area contributed by atoms with Gasteiger partial charge in [-0.05, 0) is 84.3 Å². The highest BCUT2D eigenvalue weighted by atomic mass is 16.6. The number of amides is 2. The molecule has 2 aliphatic heterocycles. The Morgan fingerprint density at radius 1 is 1.17 bits per heavy atom. The summed E-state index contributed by atoms with van der Waals surface area (Å²) in [5.74, 6) is 0.694. The van der Waals surface area contributed by atoms with Crippen LogP contribution >= 0.6 is 0 Å². The molecule has 4 rings (SSSR count). The Kier molecular flexibility index (Phi) is 10.2. The average Bonchev–Trinajstić information content (AvgIpc) is 3.24. The lowest BCUT2D eigenvalue weighted by Gasteiger charge is -2.41. The highest BCUT2D eigenvalue weighted by molar-refractivity contribution is 5.79. The SMILES string of the molecule is CCOC(=O)CC(C)Oc1ccccc1C1CCC(OCC2N(C(=O)OC(C)(C)C)CCC23COCC(=O)N3)CC1. The molecule has 1 N–H and O–H groups in total. The molecule has 0 aromatic heterocycles. The van der Waals surface area contributed by atoms with Crippen molar-refractivity contribution in [2.24, 2.45) is 0 Å². The monoisotopic (exact) mass is 574 g/mol. The number of carbonyl (C=O) groups excluding carboxylic acids is 3. The van der Waals surface area contributed by atoms with E-state index in [4.69, 9.17) is 23.7 Å². The van der Waals surface area contributed by atoms with Crippen LogP contribution in [-0.4, -0.2) is 85.2 Å². The highest BCUT2D eigenvalue weighted by Crippen LogP contribution is 2.39. The number of esters is 1. The largest absolute Gasteiger partial charge is 0.490 e. The molecule has 228 valence electrons. The molecule has 0 bridgehead atoms. The Morgan fingerprint density at radius 3 is 2.59 bits per heavy atom. The van der Waals surface area contributed by atoms with E-state index in [9.17, 15) is 14.4 Å². The molecule has 2 heterocycles. The number of ether oxygens (including phenoxy) is 5. The molecular weight excluding hydrogens is 528 g/mol. The van der Waals surface area contributed by atoms with Gasteiger partial charge in [-0.15, -0.1) is 0 Å². The zero-order valence-electron chi connectivity index (χ0n) is 25.1. The topological polar surface area (TPSA) is 113 Å². The van der Waals surface area contributed by atoms with Crippen LogP contribution in [-0.2, 0) is 28.5 Å². The summed E-state index contributed by atoms with van der Waals surface area (Å²) in [5.41, 5.74) is -0.158. The van der Waals surface area contributed by atoms with Gasteiger partial charge in [0, 0.05) is 6.54 Å². The molecular formula is C31H46N2O8. The van der Waals surface area contributed by atoms with Crippen molar-refractivity contribution in [3.05, 3.63) is 29.8 Å². The second-order valence-electron chi connectivity index (χ2n) is 12.4. The summed E-state index contributed by atoms with van der Waals surface area (Å²) in [6.07, 6.45) is 3.75. The lowest BCUT2D eigenvalue weighted by molar-refractivity contribution is -0.144. The van der Waals surface area contributed by atoms with Gasteiger partial charge in [-0.3, -0.25) is 9.59 Å². The minimum atomic E-state index is -0.681. The molecule has 3 atom stereocenters. The van der Waals surface area contributed by atoms with Crippen molar-refractivity contribution < 1.29 is 38.1 Å². The van der Waals surface area contributed by atoms with E-state index in [2.05, 4.69) is 11.4 Å². The summed E-state index contributed by atoms with van der Waals surface area (Å²) in [7, 11) is 0. The zero-order valence-corrected chi connectivity index (χ0v) is 25.1. The molecule has 3 aliphatic rings. The number of nitrogens with zero attached hydrogens (tertiary/aromatic N) is 1. The normalized spacial score (nSPS) is 27.3. The van der Waals surface area contributed by atoms with Crippen molar-refractivity contribution in [1.29, 1.82) is 0 Å². The highest BCUT2D eigenvalue weighted by Gasteiger charge is 2.53. The average molecular weight is 575 g/mol. The Hall–Kier alpha value is -2.85. The molecule has 41 heavy (non-hydrogen) atoms. The van der Waals surface area contributed by atoms with Crippen molar-refractivity contribution in [2.45, 2.75) is 108 Å². The predicted octanol–water partition coefficient (Wildman–Crippen LogP) is 4.34. The van der Waals surface area contributed by atoms with Gasteiger partial charge in [0.05, 0.1) is 43.9 Å². The number of hydrogen-bond donors (Lipinski definition) is 1. The molecule has 1 aromatic rings. The van der Waals surface area contributed by atoms with Crippen LogP contribution in [0.3, 0.4) is 0 Å². The van der Waals surface area contributed by atoms with Crippen LogP contribution in [0.4, 0.5) is 4.79 Å². The number of morpholine rings is 1. The third kappa shape index (κ3) is 8.13. The second kappa shape index (κ2) is 13.4. The Labute approximate surface area is 243 Å². The summed E-state index contributed by atoms with van der Waals surface area (Å²) in [5, 5.41) is 3.11. The van der Waals surface area contributed by atoms with Crippen molar-refractivity contribution in [1.82, 2.24) is 10.2 Å². The molecule has 0 radical (unpaired) electrons. The van der Waals surface area contributed by atoms with Gasteiger partial charge in [0.15, 0.2) is 0 Å². The van der Waals surface area contributed by atoms with Crippen molar-refractivity contribution in [3.63, 3.8) is 0 Å². The van der Waals surface area contributed by atoms with Crippen molar-refractivity contribution in [2.75, 3.05) is 33.0 Å². The van der Waals surface area contributed by atoms with Crippen LogP contribution in [0.2, 0.25) is 0 Å². The fourth-order valence-electron chi connectivity index (χ4n) is 6.13. The molecule has 1 saturated carbocycles. The van der Waals surface area contributed by atoms with Crippen LogP contribution in [0, 0.1) is 0 Å². The number of rotatable bonds is 9. The predicted molar refractivity (Wildman–Crippen MR) is 152 cm³/mol. The van der Waals surface area contributed by atoms with E-state index in [1.807, 2.05) is 45.9 Å². The Morgan fingerprint density at radius 2 is 1.90 bits per heavy atom. The molecule has 3 unspecified atom stereocenters. The lowest BCUT2D eigenvalue weighted by Crippen LogP contribution is -2.65. The van der Waals surface area contributed by atoms with Gasteiger partial charge in [-0.2, -0.15) is 0 Å². The molecule has 3 fully saturated rings. The van der Waals surface area contributed by atoms with E-state index in [1.165, 1.54) is 0 Å². The maximum Gasteiger partial charge on any atom is 0.410 e. The fraction of sp³-hybridized carbons (Fsp3) is 0.710. The first-order valence-electron chi connectivity index (χ1n) is 14.9. The summed E-state index contributed by atoms with van der Waals surface area (Å²) in [4.78, 5) is 38.9. The second-order valence-corrected chi connectivity index (χ2v) is 12.4. The van der Waals surface area contributed by atoms with E-state index < -0.39 is 17.2 Å². The number of nitrogens with one attached hydrogen (secondary N) is 1. The van der Waals surface area contributed by atoms with Crippen LogP contribution in [0.25, 0.3) is 0 Å². The molecule has 1 aromatic carbocycles. The number of para-hydroxylation sites is 1. The van der Waals surface area contributed by atoms with Gasteiger partial charge in [-0.1, -0.05) is 18.2 Å². The minimum absolute atomic E-state index is 0.0264. The number of likely N-dealkylation sites (tertiary alicyclic amines) is 1. The standard InChI is InChI=1S/C31H46N2O8/c1-6-38-28(35)17-21(2)40-25-10-8-7-9-24(25)22-11-13-23(14-12-22)39-18-26-31(20-37-19-27(34)32-31)15-16-33(26)29(36)41-30(3,4)5/h7-10,21-23,26H,6,11-20H2,1-5H3,(H,32,34). The fourth-order valence-corrected chi connectivity index (χ4v) is 6.13. The molecule has 2 amide bonds. The van der Waals surface area contributed by atoms with Gasteiger partial charge < -0.3 is 33.9 Å². The van der Waals surface area contributed by atoms with Crippen molar-refractivity contribution >= 4 is 18.0 Å². The first-order valence-corrected chi connectivity index (χ1v) is 14.9. The molecule has 10 nitrogen and oxygen atoms in total. The summed E-state index contributed by atoms with van der Waals surface area (Å²) < 4.78 is 29.0. The summed E-state index contributed by atoms with van der Waals surface area (Å²) >= 11 is 0. The van der Waals surface area contributed by atoms with E-state index in [1.54, 1.807) is 11.8 Å².